The normalized spacial score (nSPS) is 12.1. The van der Waals surface area contributed by atoms with Crippen molar-refractivity contribution < 1.29 is 4.79 Å². The Morgan fingerprint density at radius 2 is 1.62 bits per heavy atom. The van der Waals surface area contributed by atoms with Gasteiger partial charge in [-0.15, -0.1) is 0 Å². The molecule has 0 spiro atoms. The molecule has 1 N–H and O–H groups in total. The lowest BCUT2D eigenvalue weighted by Crippen LogP contribution is -2.28. The number of nitrogens with zero attached hydrogens (tertiary/aromatic N) is 1. The molecule has 1 aromatic heterocycles. The van der Waals surface area contributed by atoms with Crippen molar-refractivity contribution in [1.82, 2.24) is 4.98 Å². The number of nitrogens with one attached hydrogen (secondary N) is 1. The second-order valence-corrected chi connectivity index (χ2v) is 8.36. The van der Waals surface area contributed by atoms with Gasteiger partial charge in [0.15, 0.2) is 0 Å². The van der Waals surface area contributed by atoms with Crippen molar-refractivity contribution in [2.45, 2.75) is 53.4 Å². The minimum atomic E-state index is -0.429. The molecule has 128 valence electrons. The van der Waals surface area contributed by atoms with Crippen molar-refractivity contribution >= 4 is 11.6 Å². The van der Waals surface area contributed by atoms with E-state index in [4.69, 9.17) is 0 Å². The average Bonchev–Trinajstić information content (AvgIpc) is 2.48. The summed E-state index contributed by atoms with van der Waals surface area (Å²) in [6, 6.07) is 10.7. The maximum Gasteiger partial charge on any atom is 0.229 e. The Kier molecular flexibility index (Phi) is 5.12. The second-order valence-electron chi connectivity index (χ2n) is 8.36. The molecule has 0 aliphatic rings. The first-order chi connectivity index (χ1) is 11.1. The number of carbonyl (C=O) groups excluding carboxylic acids is 1. The summed E-state index contributed by atoms with van der Waals surface area (Å²) >= 11 is 0. The van der Waals surface area contributed by atoms with Crippen LogP contribution in [0.5, 0.6) is 0 Å². The highest BCUT2D eigenvalue weighted by molar-refractivity contribution is 5.95. The lowest BCUT2D eigenvalue weighted by molar-refractivity contribution is -0.123. The molecule has 3 heteroatoms. The molecule has 0 aliphatic heterocycles. The monoisotopic (exact) mass is 324 g/mol. The van der Waals surface area contributed by atoms with Crippen LogP contribution in [0.2, 0.25) is 0 Å². The molecule has 0 bridgehead atoms. The van der Waals surface area contributed by atoms with Crippen LogP contribution in [0.1, 0.15) is 58.2 Å². The molecule has 24 heavy (non-hydrogen) atoms. The standard InChI is InChI=1S/C21H28N2O/c1-20(2,3)17-9-7-15(8-10-17)13-16-11-12-22-14-18(16)23-19(24)21(4,5)6/h7-12,14H,13H2,1-6H3,(H,23,24). The Labute approximate surface area is 145 Å². The highest BCUT2D eigenvalue weighted by atomic mass is 16.2. The number of hydrogen-bond acceptors (Lipinski definition) is 2. The first-order valence-electron chi connectivity index (χ1n) is 8.41. The van der Waals surface area contributed by atoms with E-state index in [2.05, 4.69) is 55.3 Å². The first-order valence-corrected chi connectivity index (χ1v) is 8.41. The Morgan fingerprint density at radius 1 is 1.00 bits per heavy atom. The lowest BCUT2D eigenvalue weighted by Gasteiger charge is -2.20. The van der Waals surface area contributed by atoms with E-state index in [1.165, 1.54) is 11.1 Å². The van der Waals surface area contributed by atoms with Crippen LogP contribution >= 0.6 is 0 Å². The van der Waals surface area contributed by atoms with Gasteiger partial charge < -0.3 is 5.32 Å². The Hall–Kier alpha value is -2.16. The predicted molar refractivity (Wildman–Crippen MR) is 100 cm³/mol. The largest absolute Gasteiger partial charge is 0.324 e. The Balaban J connectivity index is 2.20. The number of rotatable bonds is 3. The second kappa shape index (κ2) is 6.76. The highest BCUT2D eigenvalue weighted by Gasteiger charge is 2.22. The molecule has 3 nitrogen and oxygen atoms in total. The Bertz CT molecular complexity index is 704. The molecule has 0 atom stereocenters. The summed E-state index contributed by atoms with van der Waals surface area (Å²) in [5, 5.41) is 3.00. The predicted octanol–water partition coefficient (Wildman–Crippen LogP) is 4.95. The van der Waals surface area contributed by atoms with Crippen LogP contribution in [0.4, 0.5) is 5.69 Å². The van der Waals surface area contributed by atoms with E-state index < -0.39 is 5.41 Å². The summed E-state index contributed by atoms with van der Waals surface area (Å²) in [6.45, 7) is 12.4. The van der Waals surface area contributed by atoms with Gasteiger partial charge in [-0.25, -0.2) is 0 Å². The summed E-state index contributed by atoms with van der Waals surface area (Å²) in [5.74, 6) is -0.000157. The molecule has 0 saturated heterocycles. The van der Waals surface area contributed by atoms with Crippen LogP contribution in [-0.4, -0.2) is 10.9 Å². The summed E-state index contributed by atoms with van der Waals surface area (Å²) in [6.07, 6.45) is 4.26. The zero-order valence-corrected chi connectivity index (χ0v) is 15.6. The third-order valence-corrected chi connectivity index (χ3v) is 4.06. The van der Waals surface area contributed by atoms with Gasteiger partial charge in [-0.05, 0) is 34.6 Å². The van der Waals surface area contributed by atoms with E-state index in [0.717, 1.165) is 17.7 Å². The number of hydrogen-bond donors (Lipinski definition) is 1. The van der Waals surface area contributed by atoms with E-state index in [1.54, 1.807) is 12.4 Å². The number of carbonyl (C=O) groups is 1. The van der Waals surface area contributed by atoms with E-state index in [0.29, 0.717) is 0 Å². The summed E-state index contributed by atoms with van der Waals surface area (Å²) < 4.78 is 0. The maximum absolute atomic E-state index is 12.3. The third-order valence-electron chi connectivity index (χ3n) is 4.06. The molecular weight excluding hydrogens is 296 g/mol. The fourth-order valence-corrected chi connectivity index (χ4v) is 2.34. The fraction of sp³-hybridized carbons (Fsp3) is 0.429. The van der Waals surface area contributed by atoms with Crippen molar-refractivity contribution in [2.75, 3.05) is 5.32 Å². The van der Waals surface area contributed by atoms with Gasteiger partial charge in [0.2, 0.25) is 5.91 Å². The highest BCUT2D eigenvalue weighted by Crippen LogP contribution is 2.25. The van der Waals surface area contributed by atoms with Crippen LogP contribution in [-0.2, 0) is 16.6 Å². The van der Waals surface area contributed by atoms with Crippen molar-refractivity contribution in [3.05, 3.63) is 59.4 Å². The van der Waals surface area contributed by atoms with Crippen LogP contribution in [0, 0.1) is 5.41 Å². The molecule has 1 aromatic carbocycles. The van der Waals surface area contributed by atoms with Crippen LogP contribution < -0.4 is 5.32 Å². The van der Waals surface area contributed by atoms with Gasteiger partial charge in [-0.1, -0.05) is 65.8 Å². The fourth-order valence-electron chi connectivity index (χ4n) is 2.34. The van der Waals surface area contributed by atoms with Gasteiger partial charge in [-0.2, -0.15) is 0 Å². The van der Waals surface area contributed by atoms with E-state index in [-0.39, 0.29) is 11.3 Å². The third kappa shape index (κ3) is 4.67. The maximum atomic E-state index is 12.3. The van der Waals surface area contributed by atoms with Gasteiger partial charge in [0.1, 0.15) is 0 Å². The molecule has 0 aliphatic carbocycles. The smallest absolute Gasteiger partial charge is 0.229 e. The number of anilines is 1. The van der Waals surface area contributed by atoms with Gasteiger partial charge in [0, 0.05) is 11.6 Å². The molecule has 1 amide bonds. The van der Waals surface area contributed by atoms with Gasteiger partial charge >= 0.3 is 0 Å². The van der Waals surface area contributed by atoms with E-state index in [1.807, 2.05) is 26.8 Å². The summed E-state index contributed by atoms with van der Waals surface area (Å²) in [7, 11) is 0. The average molecular weight is 324 g/mol. The number of aromatic nitrogens is 1. The minimum absolute atomic E-state index is 0.000157. The molecule has 0 fully saturated rings. The molecule has 1 heterocycles. The SMILES string of the molecule is CC(C)(C)C(=O)Nc1cnccc1Cc1ccc(C(C)(C)C)cc1. The van der Waals surface area contributed by atoms with Crippen molar-refractivity contribution in [3.8, 4) is 0 Å². The number of benzene rings is 1. The zero-order chi connectivity index (χ0) is 18.0. The number of amides is 1. The topological polar surface area (TPSA) is 42.0 Å². The quantitative estimate of drug-likeness (QED) is 0.867. The van der Waals surface area contributed by atoms with Gasteiger partial charge in [-0.3, -0.25) is 9.78 Å². The first kappa shape index (κ1) is 18.2. The lowest BCUT2D eigenvalue weighted by atomic mass is 9.86. The molecule has 0 radical (unpaired) electrons. The van der Waals surface area contributed by atoms with Crippen molar-refractivity contribution in [1.29, 1.82) is 0 Å². The van der Waals surface area contributed by atoms with E-state index >= 15 is 0 Å². The molecule has 0 unspecified atom stereocenters. The van der Waals surface area contributed by atoms with Crippen molar-refractivity contribution in [2.24, 2.45) is 5.41 Å². The van der Waals surface area contributed by atoms with Crippen LogP contribution in [0.25, 0.3) is 0 Å². The molecular formula is C21H28N2O. The van der Waals surface area contributed by atoms with Gasteiger partial charge in [0.05, 0.1) is 11.9 Å². The molecule has 0 saturated carbocycles. The van der Waals surface area contributed by atoms with E-state index in [9.17, 15) is 4.79 Å². The molecule has 2 rings (SSSR count). The molecule has 2 aromatic rings. The number of pyridine rings is 1. The summed E-state index contributed by atoms with van der Waals surface area (Å²) in [4.78, 5) is 16.4. The minimum Gasteiger partial charge on any atom is -0.324 e. The Morgan fingerprint density at radius 3 is 2.17 bits per heavy atom. The summed E-state index contributed by atoms with van der Waals surface area (Å²) in [5.41, 5.74) is 4.13. The van der Waals surface area contributed by atoms with Crippen molar-refractivity contribution in [3.63, 3.8) is 0 Å². The van der Waals surface area contributed by atoms with Gasteiger partial charge in [0.25, 0.3) is 0 Å². The zero-order valence-electron chi connectivity index (χ0n) is 15.6. The van der Waals surface area contributed by atoms with Crippen LogP contribution in [0.15, 0.2) is 42.7 Å². The van der Waals surface area contributed by atoms with Crippen LogP contribution in [0.3, 0.4) is 0 Å².